The first-order valence-corrected chi connectivity index (χ1v) is 9.96. The van der Waals surface area contributed by atoms with Crippen molar-refractivity contribution in [1.82, 2.24) is 9.71 Å². The van der Waals surface area contributed by atoms with E-state index >= 15 is 0 Å². The van der Waals surface area contributed by atoms with Crippen LogP contribution in [0.3, 0.4) is 0 Å². The largest absolute Gasteiger partial charge is 0.356 e. The molecule has 0 saturated carbocycles. The van der Waals surface area contributed by atoms with Crippen LogP contribution in [0.2, 0.25) is 0 Å². The maximum Gasteiger partial charge on any atom is 0.259 e. The quantitative estimate of drug-likeness (QED) is 0.837. The zero-order chi connectivity index (χ0) is 18.7. The summed E-state index contributed by atoms with van der Waals surface area (Å²) in [6, 6.07) is 8.28. The van der Waals surface area contributed by atoms with Gasteiger partial charge in [0.15, 0.2) is 0 Å². The molecule has 0 spiro atoms. The van der Waals surface area contributed by atoms with Crippen LogP contribution >= 0.6 is 0 Å². The fraction of sp³-hybridized carbons (Fsp3) is 0.333. The van der Waals surface area contributed by atoms with Crippen LogP contribution < -0.4 is 14.9 Å². The first-order chi connectivity index (χ1) is 12.4. The van der Waals surface area contributed by atoms with E-state index in [0.29, 0.717) is 22.6 Å². The number of carbonyl (C=O) groups is 1. The molecule has 0 radical (unpaired) electrons. The Balaban J connectivity index is 1.89. The molecule has 2 heterocycles. The number of hydrogen-bond donors (Lipinski definition) is 2. The van der Waals surface area contributed by atoms with Gasteiger partial charge in [-0.3, -0.25) is 4.79 Å². The van der Waals surface area contributed by atoms with E-state index in [-0.39, 0.29) is 10.8 Å². The van der Waals surface area contributed by atoms with E-state index in [0.717, 1.165) is 25.9 Å². The number of benzene rings is 1. The lowest BCUT2D eigenvalue weighted by Gasteiger charge is -2.19. The number of carbonyl (C=O) groups excluding carboxylic acids is 1. The van der Waals surface area contributed by atoms with Gasteiger partial charge in [-0.05, 0) is 56.6 Å². The molecular weight excluding hydrogens is 352 g/mol. The molecular formula is C18H22N4O3S. The van der Waals surface area contributed by atoms with Crippen molar-refractivity contribution in [2.75, 3.05) is 30.4 Å². The van der Waals surface area contributed by atoms with Gasteiger partial charge >= 0.3 is 0 Å². The Kier molecular flexibility index (Phi) is 5.24. The Labute approximate surface area is 153 Å². The summed E-state index contributed by atoms with van der Waals surface area (Å²) in [7, 11) is -2.24. The highest BCUT2D eigenvalue weighted by Crippen LogP contribution is 2.24. The lowest BCUT2D eigenvalue weighted by atomic mass is 10.2. The first-order valence-electron chi connectivity index (χ1n) is 8.48. The van der Waals surface area contributed by atoms with Crippen molar-refractivity contribution in [2.45, 2.75) is 24.7 Å². The van der Waals surface area contributed by atoms with Gasteiger partial charge in [0, 0.05) is 25.0 Å². The van der Waals surface area contributed by atoms with Crippen LogP contribution in [0.25, 0.3) is 0 Å². The normalized spacial score (nSPS) is 14.5. The second-order valence-corrected chi connectivity index (χ2v) is 8.07. The van der Waals surface area contributed by atoms with Gasteiger partial charge in [0.2, 0.25) is 10.0 Å². The number of rotatable bonds is 5. The molecule has 2 N–H and O–H groups in total. The van der Waals surface area contributed by atoms with Crippen LogP contribution in [0.5, 0.6) is 0 Å². The summed E-state index contributed by atoms with van der Waals surface area (Å²) in [6.07, 6.45) is 3.84. The highest BCUT2D eigenvalue weighted by atomic mass is 32.2. The minimum absolute atomic E-state index is 0.142. The predicted molar refractivity (Wildman–Crippen MR) is 101 cm³/mol. The first kappa shape index (κ1) is 18.3. The Morgan fingerprint density at radius 3 is 2.62 bits per heavy atom. The van der Waals surface area contributed by atoms with Gasteiger partial charge in [-0.15, -0.1) is 0 Å². The van der Waals surface area contributed by atoms with Crippen molar-refractivity contribution in [3.8, 4) is 0 Å². The molecule has 0 aliphatic carbocycles. The molecule has 0 bridgehead atoms. The van der Waals surface area contributed by atoms with E-state index in [1.165, 1.54) is 13.1 Å². The average Bonchev–Trinajstić information content (AvgIpc) is 3.17. The van der Waals surface area contributed by atoms with E-state index in [9.17, 15) is 13.2 Å². The monoisotopic (exact) mass is 374 g/mol. The van der Waals surface area contributed by atoms with Crippen LogP contribution in [0, 0.1) is 6.92 Å². The van der Waals surface area contributed by atoms with E-state index < -0.39 is 10.0 Å². The average molecular weight is 374 g/mol. The minimum Gasteiger partial charge on any atom is -0.356 e. The number of amides is 1. The Morgan fingerprint density at radius 1 is 1.19 bits per heavy atom. The number of aromatic nitrogens is 1. The molecule has 0 atom stereocenters. The predicted octanol–water partition coefficient (Wildman–Crippen LogP) is 2.15. The zero-order valence-electron chi connectivity index (χ0n) is 14.8. The summed E-state index contributed by atoms with van der Waals surface area (Å²) in [5, 5.41) is 2.79. The third kappa shape index (κ3) is 3.71. The zero-order valence-corrected chi connectivity index (χ0v) is 15.6. The van der Waals surface area contributed by atoms with E-state index in [1.54, 1.807) is 37.4 Å². The summed E-state index contributed by atoms with van der Waals surface area (Å²) in [5.41, 5.74) is 1.51. The van der Waals surface area contributed by atoms with Crippen LogP contribution in [-0.4, -0.2) is 39.4 Å². The second kappa shape index (κ2) is 7.43. The summed E-state index contributed by atoms with van der Waals surface area (Å²) < 4.78 is 26.5. The lowest BCUT2D eigenvalue weighted by molar-refractivity contribution is 0.102. The van der Waals surface area contributed by atoms with Gasteiger partial charge < -0.3 is 10.2 Å². The highest BCUT2D eigenvalue weighted by molar-refractivity contribution is 7.89. The maximum atomic E-state index is 12.8. The van der Waals surface area contributed by atoms with Gasteiger partial charge in [-0.1, -0.05) is 6.07 Å². The maximum absolute atomic E-state index is 12.8. The Bertz CT molecular complexity index is 922. The molecule has 1 aliphatic rings. The number of nitrogens with one attached hydrogen (secondary N) is 2. The molecule has 138 valence electrons. The molecule has 8 heteroatoms. The Hall–Kier alpha value is -2.45. The van der Waals surface area contributed by atoms with Crippen molar-refractivity contribution in [2.24, 2.45) is 0 Å². The van der Waals surface area contributed by atoms with Gasteiger partial charge in [-0.2, -0.15) is 0 Å². The van der Waals surface area contributed by atoms with Gasteiger partial charge in [0.05, 0.1) is 10.5 Å². The molecule has 1 aromatic heterocycles. The topological polar surface area (TPSA) is 91.4 Å². The van der Waals surface area contributed by atoms with Crippen molar-refractivity contribution < 1.29 is 13.2 Å². The number of hydrogen-bond acceptors (Lipinski definition) is 5. The third-order valence-corrected chi connectivity index (χ3v) is 6.00. The minimum atomic E-state index is -3.59. The molecule has 3 rings (SSSR count). The van der Waals surface area contributed by atoms with Crippen molar-refractivity contribution in [1.29, 1.82) is 0 Å². The standard InChI is InChI=1S/C18H22N4O3S/c1-13-7-8-14(12-16(13)26(24,25)19-2)21-18(23)15-6-5-9-20-17(15)22-10-3-4-11-22/h5-9,12,19H,3-4,10-11H2,1-2H3,(H,21,23). The van der Waals surface area contributed by atoms with Crippen molar-refractivity contribution in [3.05, 3.63) is 47.7 Å². The molecule has 7 nitrogen and oxygen atoms in total. The molecule has 0 unspecified atom stereocenters. The summed E-state index contributed by atoms with van der Waals surface area (Å²) in [6.45, 7) is 3.47. The highest BCUT2D eigenvalue weighted by Gasteiger charge is 2.21. The van der Waals surface area contributed by atoms with Gasteiger partial charge in [0.25, 0.3) is 5.91 Å². The van der Waals surface area contributed by atoms with Gasteiger partial charge in [-0.25, -0.2) is 18.1 Å². The smallest absolute Gasteiger partial charge is 0.259 e. The molecule has 1 saturated heterocycles. The van der Waals surface area contributed by atoms with Crippen LogP contribution in [0.4, 0.5) is 11.5 Å². The van der Waals surface area contributed by atoms with E-state index in [1.807, 2.05) is 0 Å². The number of sulfonamides is 1. The number of nitrogens with zero attached hydrogens (tertiary/aromatic N) is 2. The van der Waals surface area contributed by atoms with Crippen molar-refractivity contribution >= 4 is 27.4 Å². The molecule has 2 aromatic rings. The van der Waals surface area contributed by atoms with E-state index in [2.05, 4.69) is 19.9 Å². The molecule has 1 amide bonds. The molecule has 1 aromatic carbocycles. The fourth-order valence-corrected chi connectivity index (χ4v) is 4.02. The third-order valence-electron chi connectivity index (χ3n) is 4.44. The second-order valence-electron chi connectivity index (χ2n) is 6.21. The van der Waals surface area contributed by atoms with Crippen LogP contribution in [0.15, 0.2) is 41.4 Å². The van der Waals surface area contributed by atoms with Crippen molar-refractivity contribution in [3.63, 3.8) is 0 Å². The summed E-state index contributed by atoms with van der Waals surface area (Å²) in [5.74, 6) is 0.356. The van der Waals surface area contributed by atoms with Gasteiger partial charge in [0.1, 0.15) is 5.82 Å². The number of aryl methyl sites for hydroxylation is 1. The lowest BCUT2D eigenvalue weighted by Crippen LogP contribution is -2.24. The van der Waals surface area contributed by atoms with E-state index in [4.69, 9.17) is 0 Å². The fourth-order valence-electron chi connectivity index (χ4n) is 3.03. The Morgan fingerprint density at radius 2 is 1.92 bits per heavy atom. The number of anilines is 2. The van der Waals surface area contributed by atoms with Crippen LogP contribution in [0.1, 0.15) is 28.8 Å². The summed E-state index contributed by atoms with van der Waals surface area (Å²) >= 11 is 0. The molecule has 1 fully saturated rings. The number of pyridine rings is 1. The molecule has 1 aliphatic heterocycles. The van der Waals surface area contributed by atoms with Crippen LogP contribution in [-0.2, 0) is 10.0 Å². The molecule has 26 heavy (non-hydrogen) atoms. The summed E-state index contributed by atoms with van der Waals surface area (Å²) in [4.78, 5) is 19.4. The SMILES string of the molecule is CNS(=O)(=O)c1cc(NC(=O)c2cccnc2N2CCCC2)ccc1C.